The molecule has 1 fully saturated rings. The highest BCUT2D eigenvalue weighted by atomic mass is 16.2. The van der Waals surface area contributed by atoms with Gasteiger partial charge in [0, 0.05) is 29.7 Å². The van der Waals surface area contributed by atoms with Crippen LogP contribution in [0.15, 0.2) is 55.0 Å². The zero-order chi connectivity index (χ0) is 16.4. The summed E-state index contributed by atoms with van der Waals surface area (Å²) in [6, 6.07) is 11.5. The molecule has 3 heterocycles. The van der Waals surface area contributed by atoms with Crippen molar-refractivity contribution in [1.82, 2.24) is 20.1 Å². The maximum absolute atomic E-state index is 13.1. The summed E-state index contributed by atoms with van der Waals surface area (Å²) < 4.78 is 1.80. The molecule has 0 atom stereocenters. The maximum Gasteiger partial charge on any atom is 0.252 e. The van der Waals surface area contributed by atoms with Crippen LogP contribution in [0.3, 0.4) is 0 Å². The first-order valence-corrected chi connectivity index (χ1v) is 8.15. The van der Waals surface area contributed by atoms with E-state index in [0.29, 0.717) is 0 Å². The normalized spacial score (nSPS) is 16.8. The molecule has 1 saturated heterocycles. The minimum absolute atomic E-state index is 0.0176. The molecular formula is C18H19N5O. The summed E-state index contributed by atoms with van der Waals surface area (Å²) in [6.07, 6.45) is 6.79. The molecule has 1 amide bonds. The molecule has 1 aliphatic rings. The Balaban J connectivity index is 1.65. The zero-order valence-electron chi connectivity index (χ0n) is 13.3. The lowest BCUT2D eigenvalue weighted by Gasteiger charge is -2.36. The van der Waals surface area contributed by atoms with Gasteiger partial charge in [-0.05, 0) is 56.3 Å². The van der Waals surface area contributed by atoms with Crippen molar-refractivity contribution in [3.8, 4) is 0 Å². The Bertz CT molecular complexity index is 853. The van der Waals surface area contributed by atoms with Crippen molar-refractivity contribution in [1.29, 1.82) is 0 Å². The molecule has 24 heavy (non-hydrogen) atoms. The van der Waals surface area contributed by atoms with Crippen LogP contribution in [0.2, 0.25) is 0 Å². The molecule has 3 aromatic rings. The highest BCUT2D eigenvalue weighted by Crippen LogP contribution is 2.29. The van der Waals surface area contributed by atoms with Crippen LogP contribution in [-0.4, -0.2) is 33.8 Å². The first-order valence-electron chi connectivity index (χ1n) is 8.15. The molecule has 0 spiro atoms. The molecule has 0 unspecified atom stereocenters. The molecule has 1 aromatic carbocycles. The van der Waals surface area contributed by atoms with Crippen LogP contribution in [0.25, 0.3) is 10.9 Å². The van der Waals surface area contributed by atoms with E-state index in [1.165, 1.54) is 0 Å². The Morgan fingerprint density at radius 1 is 1.17 bits per heavy atom. The average Bonchev–Trinajstić information content (AvgIpc) is 3.17. The minimum atomic E-state index is -0.640. The van der Waals surface area contributed by atoms with Crippen LogP contribution in [0.5, 0.6) is 0 Å². The number of carbonyl (C=O) groups is 1. The number of nitrogens with zero attached hydrogens (tertiary/aromatic N) is 3. The summed E-state index contributed by atoms with van der Waals surface area (Å²) in [5.41, 5.74) is 1.06. The van der Waals surface area contributed by atoms with Gasteiger partial charge in [-0.25, -0.2) is 0 Å². The SMILES string of the molecule is O=C(Nc1ccc2ncccc2c1)C1(n2cccn2)CCNCC1. The smallest absolute Gasteiger partial charge is 0.252 e. The lowest BCUT2D eigenvalue weighted by Crippen LogP contribution is -2.52. The summed E-state index contributed by atoms with van der Waals surface area (Å²) in [7, 11) is 0. The third-order valence-corrected chi connectivity index (χ3v) is 4.66. The number of hydrogen-bond acceptors (Lipinski definition) is 4. The molecule has 6 heteroatoms. The molecule has 2 N–H and O–H groups in total. The maximum atomic E-state index is 13.1. The minimum Gasteiger partial charge on any atom is -0.324 e. The Labute approximate surface area is 139 Å². The van der Waals surface area contributed by atoms with Gasteiger partial charge in [-0.1, -0.05) is 6.07 Å². The van der Waals surface area contributed by atoms with Crippen LogP contribution in [0.4, 0.5) is 5.69 Å². The summed E-state index contributed by atoms with van der Waals surface area (Å²) in [5.74, 6) is -0.0176. The van der Waals surface area contributed by atoms with E-state index in [-0.39, 0.29) is 5.91 Å². The van der Waals surface area contributed by atoms with Crippen molar-refractivity contribution in [3.63, 3.8) is 0 Å². The van der Waals surface area contributed by atoms with Gasteiger partial charge < -0.3 is 10.6 Å². The molecule has 0 radical (unpaired) electrons. The van der Waals surface area contributed by atoms with Gasteiger partial charge in [0.05, 0.1) is 5.52 Å². The summed E-state index contributed by atoms with van der Waals surface area (Å²) in [6.45, 7) is 1.60. The molecular weight excluding hydrogens is 302 g/mol. The standard InChI is InChI=1S/C18H19N5O/c24-17(18(6-10-19-11-7-18)23-12-2-9-21-23)22-15-4-5-16-14(13-15)3-1-8-20-16/h1-5,8-9,12-13,19H,6-7,10-11H2,(H,22,24). The van der Waals surface area contributed by atoms with Crippen LogP contribution in [0, 0.1) is 0 Å². The number of benzene rings is 1. The fourth-order valence-electron chi connectivity index (χ4n) is 3.32. The van der Waals surface area contributed by atoms with Gasteiger partial charge in [0.2, 0.25) is 0 Å². The molecule has 0 bridgehead atoms. The van der Waals surface area contributed by atoms with Crippen LogP contribution >= 0.6 is 0 Å². The van der Waals surface area contributed by atoms with E-state index in [9.17, 15) is 4.79 Å². The molecule has 0 saturated carbocycles. The fourth-order valence-corrected chi connectivity index (χ4v) is 3.32. The van der Waals surface area contributed by atoms with Crippen molar-refractivity contribution < 1.29 is 4.79 Å². The van der Waals surface area contributed by atoms with Crippen molar-refractivity contribution >= 4 is 22.5 Å². The first kappa shape index (κ1) is 14.8. The number of piperidine rings is 1. The van der Waals surface area contributed by atoms with Gasteiger partial charge in [0.15, 0.2) is 0 Å². The molecule has 2 aromatic heterocycles. The number of aromatic nitrogens is 3. The number of amides is 1. The molecule has 6 nitrogen and oxygen atoms in total. The quantitative estimate of drug-likeness (QED) is 0.775. The monoisotopic (exact) mass is 321 g/mol. The van der Waals surface area contributed by atoms with Crippen LogP contribution in [-0.2, 0) is 10.3 Å². The van der Waals surface area contributed by atoms with Crippen LogP contribution in [0.1, 0.15) is 12.8 Å². The fraction of sp³-hybridized carbons (Fsp3) is 0.278. The molecule has 4 rings (SSSR count). The van der Waals surface area contributed by atoms with Crippen molar-refractivity contribution in [2.75, 3.05) is 18.4 Å². The molecule has 1 aliphatic heterocycles. The topological polar surface area (TPSA) is 71.8 Å². The Kier molecular flexibility index (Phi) is 3.74. The Hall–Kier alpha value is -2.73. The third kappa shape index (κ3) is 2.55. The number of hydrogen-bond donors (Lipinski definition) is 2. The summed E-state index contributed by atoms with van der Waals surface area (Å²) >= 11 is 0. The van der Waals surface area contributed by atoms with E-state index in [1.807, 2.05) is 42.6 Å². The number of carbonyl (C=O) groups excluding carboxylic acids is 1. The number of fused-ring (bicyclic) bond motifs is 1. The van der Waals surface area contributed by atoms with Gasteiger partial charge in [-0.2, -0.15) is 5.10 Å². The predicted molar refractivity (Wildman–Crippen MR) is 92.7 cm³/mol. The third-order valence-electron chi connectivity index (χ3n) is 4.66. The molecule has 122 valence electrons. The average molecular weight is 321 g/mol. The van der Waals surface area contributed by atoms with Crippen molar-refractivity contribution in [3.05, 3.63) is 55.0 Å². The van der Waals surface area contributed by atoms with Crippen LogP contribution < -0.4 is 10.6 Å². The highest BCUT2D eigenvalue weighted by molar-refractivity contribution is 5.98. The van der Waals surface area contributed by atoms with E-state index >= 15 is 0 Å². The molecule has 0 aliphatic carbocycles. The zero-order valence-corrected chi connectivity index (χ0v) is 13.3. The van der Waals surface area contributed by atoms with Gasteiger partial charge >= 0.3 is 0 Å². The number of nitrogens with one attached hydrogen (secondary N) is 2. The number of anilines is 1. The first-order chi connectivity index (χ1) is 11.8. The Morgan fingerprint density at radius 2 is 2.04 bits per heavy atom. The van der Waals surface area contributed by atoms with Gasteiger partial charge in [-0.15, -0.1) is 0 Å². The second kappa shape index (κ2) is 6.05. The Morgan fingerprint density at radius 3 is 2.83 bits per heavy atom. The van der Waals surface area contributed by atoms with Gasteiger partial charge in [0.1, 0.15) is 5.54 Å². The number of rotatable bonds is 3. The van der Waals surface area contributed by atoms with E-state index in [0.717, 1.165) is 42.5 Å². The highest BCUT2D eigenvalue weighted by Gasteiger charge is 2.42. The second-order valence-electron chi connectivity index (χ2n) is 6.10. The largest absolute Gasteiger partial charge is 0.324 e. The summed E-state index contributed by atoms with van der Waals surface area (Å²) in [4.78, 5) is 17.4. The van der Waals surface area contributed by atoms with E-state index in [2.05, 4.69) is 20.7 Å². The van der Waals surface area contributed by atoms with Gasteiger partial charge in [0.25, 0.3) is 5.91 Å². The lowest BCUT2D eigenvalue weighted by molar-refractivity contribution is -0.126. The summed E-state index contributed by atoms with van der Waals surface area (Å²) in [5, 5.41) is 11.7. The second-order valence-corrected chi connectivity index (χ2v) is 6.10. The van der Waals surface area contributed by atoms with Crippen molar-refractivity contribution in [2.45, 2.75) is 18.4 Å². The predicted octanol–water partition coefficient (Wildman–Crippen LogP) is 2.15. The van der Waals surface area contributed by atoms with Crippen molar-refractivity contribution in [2.24, 2.45) is 0 Å². The lowest BCUT2D eigenvalue weighted by atomic mass is 9.87. The number of pyridine rings is 1. The van der Waals surface area contributed by atoms with Gasteiger partial charge in [-0.3, -0.25) is 14.5 Å². The van der Waals surface area contributed by atoms with E-state index < -0.39 is 5.54 Å². The van der Waals surface area contributed by atoms with E-state index in [1.54, 1.807) is 17.1 Å². The van der Waals surface area contributed by atoms with E-state index in [4.69, 9.17) is 0 Å².